The average Bonchev–Trinajstić information content (AvgIpc) is 3.37. The molecule has 2 aliphatic rings. The lowest BCUT2D eigenvalue weighted by Gasteiger charge is -2.24. The van der Waals surface area contributed by atoms with Crippen molar-refractivity contribution in [1.82, 2.24) is 10.2 Å². The molecule has 1 unspecified atom stereocenters. The van der Waals surface area contributed by atoms with E-state index in [0.717, 1.165) is 24.8 Å². The van der Waals surface area contributed by atoms with Crippen molar-refractivity contribution in [3.8, 4) is 0 Å². The minimum Gasteiger partial charge on any atom is -0.352 e. The summed E-state index contributed by atoms with van der Waals surface area (Å²) < 4.78 is 28.5. The summed E-state index contributed by atoms with van der Waals surface area (Å²) in [5.41, 5.74) is 3.19. The summed E-state index contributed by atoms with van der Waals surface area (Å²) in [7, 11) is -3.76. The summed E-state index contributed by atoms with van der Waals surface area (Å²) in [4.78, 5) is 27.4. The van der Waals surface area contributed by atoms with Gasteiger partial charge < -0.3 is 10.2 Å². The molecule has 2 aromatic rings. The number of aryl methyl sites for hydroxylation is 3. The van der Waals surface area contributed by atoms with Crippen LogP contribution >= 0.6 is 0 Å². The quantitative estimate of drug-likeness (QED) is 0.699. The first-order valence-electron chi connectivity index (χ1n) is 11.0. The SMILES string of the molecule is Cc1cc(C)c(S(=O)(=O)Nc2ccc(C(=O)N3CCCC3C(=O)NC3CC3)cc2)c(C)c1. The Bertz CT molecular complexity index is 1130. The fourth-order valence-electron chi connectivity index (χ4n) is 4.45. The van der Waals surface area contributed by atoms with Crippen LogP contribution in [-0.4, -0.2) is 43.8 Å². The summed E-state index contributed by atoms with van der Waals surface area (Å²) in [6.45, 7) is 6.03. The number of anilines is 1. The Balaban J connectivity index is 1.48. The first-order valence-corrected chi connectivity index (χ1v) is 12.5. The molecule has 0 radical (unpaired) electrons. The lowest BCUT2D eigenvalue weighted by Crippen LogP contribution is -2.46. The van der Waals surface area contributed by atoms with Crippen molar-refractivity contribution >= 4 is 27.5 Å². The molecular formula is C24H29N3O4S. The minimum atomic E-state index is -3.76. The molecule has 2 fully saturated rings. The van der Waals surface area contributed by atoms with Crippen LogP contribution in [0.1, 0.15) is 52.7 Å². The normalized spacial score (nSPS) is 18.5. The van der Waals surface area contributed by atoms with Gasteiger partial charge in [0.25, 0.3) is 15.9 Å². The lowest BCUT2D eigenvalue weighted by atomic mass is 10.1. The van der Waals surface area contributed by atoms with Gasteiger partial charge in [-0.1, -0.05) is 17.7 Å². The predicted octanol–water partition coefficient (Wildman–Crippen LogP) is 3.30. The molecule has 0 aromatic heterocycles. The number of nitrogens with zero attached hydrogens (tertiary/aromatic N) is 1. The second kappa shape index (κ2) is 8.58. The Kier molecular flexibility index (Phi) is 5.99. The number of hydrogen-bond acceptors (Lipinski definition) is 4. The molecule has 7 nitrogen and oxygen atoms in total. The highest BCUT2D eigenvalue weighted by atomic mass is 32.2. The molecular weight excluding hydrogens is 426 g/mol. The van der Waals surface area contributed by atoms with Crippen LogP contribution < -0.4 is 10.0 Å². The number of rotatable bonds is 6. The molecule has 1 aliphatic heterocycles. The molecule has 1 atom stereocenters. The van der Waals surface area contributed by atoms with Crippen molar-refractivity contribution in [1.29, 1.82) is 0 Å². The van der Waals surface area contributed by atoms with E-state index in [2.05, 4.69) is 10.0 Å². The average molecular weight is 456 g/mol. The van der Waals surface area contributed by atoms with E-state index in [1.165, 1.54) is 0 Å². The van der Waals surface area contributed by atoms with Gasteiger partial charge in [-0.05, 0) is 81.8 Å². The molecule has 170 valence electrons. The third-order valence-electron chi connectivity index (χ3n) is 6.00. The number of hydrogen-bond donors (Lipinski definition) is 2. The fourth-order valence-corrected chi connectivity index (χ4v) is 5.96. The maximum atomic E-state index is 13.0. The first kappa shape index (κ1) is 22.3. The molecule has 1 aliphatic carbocycles. The van der Waals surface area contributed by atoms with E-state index in [9.17, 15) is 18.0 Å². The zero-order chi connectivity index (χ0) is 23.0. The largest absolute Gasteiger partial charge is 0.352 e. The molecule has 1 saturated heterocycles. The predicted molar refractivity (Wildman–Crippen MR) is 123 cm³/mol. The third-order valence-corrected chi connectivity index (χ3v) is 7.68. The van der Waals surface area contributed by atoms with E-state index in [0.29, 0.717) is 35.3 Å². The van der Waals surface area contributed by atoms with Gasteiger partial charge in [-0.15, -0.1) is 0 Å². The van der Waals surface area contributed by atoms with Gasteiger partial charge in [0.2, 0.25) is 5.91 Å². The molecule has 4 rings (SSSR count). The van der Waals surface area contributed by atoms with E-state index in [1.54, 1.807) is 43.0 Å². The monoisotopic (exact) mass is 455 g/mol. The van der Waals surface area contributed by atoms with Crippen molar-refractivity contribution in [3.05, 3.63) is 58.7 Å². The number of nitrogens with one attached hydrogen (secondary N) is 2. The van der Waals surface area contributed by atoms with Crippen LogP contribution in [0.4, 0.5) is 5.69 Å². The van der Waals surface area contributed by atoms with E-state index in [4.69, 9.17) is 0 Å². The highest BCUT2D eigenvalue weighted by Crippen LogP contribution is 2.26. The van der Waals surface area contributed by atoms with Gasteiger partial charge in [0.1, 0.15) is 6.04 Å². The summed E-state index contributed by atoms with van der Waals surface area (Å²) >= 11 is 0. The van der Waals surface area contributed by atoms with Crippen LogP contribution in [0.5, 0.6) is 0 Å². The molecule has 2 amide bonds. The van der Waals surface area contributed by atoms with Gasteiger partial charge in [-0.2, -0.15) is 0 Å². The van der Waals surface area contributed by atoms with Crippen LogP contribution in [0.15, 0.2) is 41.3 Å². The van der Waals surface area contributed by atoms with Crippen molar-refractivity contribution in [2.75, 3.05) is 11.3 Å². The van der Waals surface area contributed by atoms with E-state index < -0.39 is 16.1 Å². The van der Waals surface area contributed by atoms with Crippen LogP contribution in [0.2, 0.25) is 0 Å². The number of amides is 2. The number of benzene rings is 2. The van der Waals surface area contributed by atoms with Crippen LogP contribution in [0.3, 0.4) is 0 Å². The second-order valence-corrected chi connectivity index (χ2v) is 10.5. The van der Waals surface area contributed by atoms with Crippen LogP contribution in [-0.2, 0) is 14.8 Å². The van der Waals surface area contributed by atoms with Crippen molar-refractivity contribution in [2.24, 2.45) is 0 Å². The smallest absolute Gasteiger partial charge is 0.262 e. The Morgan fingerprint density at radius 2 is 1.59 bits per heavy atom. The Morgan fingerprint density at radius 3 is 2.19 bits per heavy atom. The standard InChI is InChI=1S/C24H29N3O4S/c1-15-13-16(2)22(17(3)14-15)32(30,31)26-20-8-6-18(7-9-20)24(29)27-12-4-5-21(27)23(28)25-19-10-11-19/h6-9,13-14,19,21,26H,4-5,10-12H2,1-3H3,(H,25,28). The van der Waals surface area contributed by atoms with Gasteiger partial charge in [-0.25, -0.2) is 8.42 Å². The van der Waals surface area contributed by atoms with Gasteiger partial charge in [-0.3, -0.25) is 14.3 Å². The number of carbonyl (C=O) groups is 2. The van der Waals surface area contributed by atoms with Crippen LogP contribution in [0.25, 0.3) is 0 Å². The zero-order valence-corrected chi connectivity index (χ0v) is 19.5. The Hall–Kier alpha value is -2.87. The van der Waals surface area contributed by atoms with Crippen LogP contribution in [0, 0.1) is 20.8 Å². The van der Waals surface area contributed by atoms with Gasteiger partial charge in [0.15, 0.2) is 0 Å². The second-order valence-electron chi connectivity index (χ2n) is 8.85. The molecule has 2 N–H and O–H groups in total. The summed E-state index contributed by atoms with van der Waals surface area (Å²) in [5.74, 6) is -0.287. The molecule has 1 saturated carbocycles. The number of likely N-dealkylation sites (tertiary alicyclic amines) is 1. The Morgan fingerprint density at radius 1 is 0.969 bits per heavy atom. The lowest BCUT2D eigenvalue weighted by molar-refractivity contribution is -0.125. The van der Waals surface area contributed by atoms with Crippen molar-refractivity contribution in [3.63, 3.8) is 0 Å². The summed E-state index contributed by atoms with van der Waals surface area (Å²) in [6, 6.07) is 9.87. The minimum absolute atomic E-state index is 0.0773. The molecule has 32 heavy (non-hydrogen) atoms. The van der Waals surface area contributed by atoms with E-state index in [-0.39, 0.29) is 22.8 Å². The zero-order valence-electron chi connectivity index (χ0n) is 18.6. The maximum absolute atomic E-state index is 13.0. The topological polar surface area (TPSA) is 95.6 Å². The number of sulfonamides is 1. The number of carbonyl (C=O) groups excluding carboxylic acids is 2. The summed E-state index contributed by atoms with van der Waals surface area (Å²) in [6.07, 6.45) is 3.47. The van der Waals surface area contributed by atoms with E-state index in [1.807, 2.05) is 19.1 Å². The van der Waals surface area contributed by atoms with Gasteiger partial charge in [0.05, 0.1) is 4.90 Å². The first-order chi connectivity index (χ1) is 15.2. The molecule has 0 bridgehead atoms. The molecule has 1 heterocycles. The van der Waals surface area contributed by atoms with Crippen molar-refractivity contribution < 1.29 is 18.0 Å². The highest BCUT2D eigenvalue weighted by molar-refractivity contribution is 7.92. The van der Waals surface area contributed by atoms with Gasteiger partial charge >= 0.3 is 0 Å². The highest BCUT2D eigenvalue weighted by Gasteiger charge is 2.36. The van der Waals surface area contributed by atoms with Crippen molar-refractivity contribution in [2.45, 2.75) is 63.4 Å². The van der Waals surface area contributed by atoms with Gasteiger partial charge in [0, 0.05) is 23.8 Å². The fraction of sp³-hybridized carbons (Fsp3) is 0.417. The molecule has 2 aromatic carbocycles. The maximum Gasteiger partial charge on any atom is 0.262 e. The Labute approximate surface area is 189 Å². The van der Waals surface area contributed by atoms with E-state index >= 15 is 0 Å². The molecule has 0 spiro atoms. The third kappa shape index (κ3) is 4.65. The summed E-state index contributed by atoms with van der Waals surface area (Å²) in [5, 5.41) is 2.99. The molecule has 8 heteroatoms.